The molecule has 20 heavy (non-hydrogen) atoms. The van der Waals surface area contributed by atoms with Gasteiger partial charge < -0.3 is 10.4 Å². The maximum Gasteiger partial charge on any atom is 0.335 e. The molecule has 0 spiro atoms. The lowest BCUT2D eigenvalue weighted by atomic mass is 10.2. The van der Waals surface area contributed by atoms with Gasteiger partial charge in [-0.3, -0.25) is 0 Å². The zero-order chi connectivity index (χ0) is 14.7. The molecule has 0 aliphatic carbocycles. The number of carbonyl (C=O) groups is 1. The second-order valence-corrected chi connectivity index (χ2v) is 4.75. The number of nitriles is 1. The number of halogens is 2. The van der Waals surface area contributed by atoms with Crippen molar-refractivity contribution in [2.24, 2.45) is 0 Å². The second-order valence-electron chi connectivity index (χ2n) is 3.93. The lowest BCUT2D eigenvalue weighted by Gasteiger charge is -2.10. The van der Waals surface area contributed by atoms with E-state index in [9.17, 15) is 4.79 Å². The Morgan fingerprint density at radius 3 is 2.20 bits per heavy atom. The average molecular weight is 307 g/mol. The van der Waals surface area contributed by atoms with Crippen LogP contribution in [0.5, 0.6) is 0 Å². The first-order valence-corrected chi connectivity index (χ1v) is 6.26. The first-order valence-electron chi connectivity index (χ1n) is 5.51. The Morgan fingerprint density at radius 1 is 1.10 bits per heavy atom. The molecule has 0 aromatic heterocycles. The van der Waals surface area contributed by atoms with Gasteiger partial charge in [-0.15, -0.1) is 0 Å². The number of nitrogens with zero attached hydrogens (tertiary/aromatic N) is 1. The van der Waals surface area contributed by atoms with E-state index >= 15 is 0 Å². The third-order valence-corrected chi connectivity index (χ3v) is 3.21. The molecule has 4 nitrogen and oxygen atoms in total. The highest BCUT2D eigenvalue weighted by Crippen LogP contribution is 2.30. The third kappa shape index (κ3) is 3.02. The van der Waals surface area contributed by atoms with Crippen LogP contribution in [0.4, 0.5) is 11.4 Å². The predicted octanol–water partition coefficient (Wildman–Crippen LogP) is 4.31. The molecule has 0 aliphatic heterocycles. The van der Waals surface area contributed by atoms with Gasteiger partial charge in [-0.25, -0.2) is 4.79 Å². The minimum absolute atomic E-state index is 0.103. The summed E-state index contributed by atoms with van der Waals surface area (Å²) in [6.45, 7) is 0. The predicted molar refractivity (Wildman–Crippen MR) is 77.9 cm³/mol. The standard InChI is InChI=1S/C14H8Cl2N2O2/c15-10-5-8(7-17)1-3-12(10)18-13-4-2-9(14(19)20)6-11(13)16/h1-6,18H,(H,19,20). The molecule has 0 aliphatic rings. The average Bonchev–Trinajstić information content (AvgIpc) is 2.42. The molecule has 0 radical (unpaired) electrons. The highest BCUT2D eigenvalue weighted by Gasteiger charge is 2.09. The Hall–Kier alpha value is -2.22. The third-order valence-electron chi connectivity index (χ3n) is 2.58. The van der Waals surface area contributed by atoms with E-state index in [1.807, 2.05) is 6.07 Å². The number of carboxylic acids is 1. The summed E-state index contributed by atoms with van der Waals surface area (Å²) in [6.07, 6.45) is 0. The zero-order valence-electron chi connectivity index (χ0n) is 10.0. The van der Waals surface area contributed by atoms with E-state index in [0.29, 0.717) is 22.0 Å². The zero-order valence-corrected chi connectivity index (χ0v) is 11.5. The Labute approximate surface area is 125 Å². The van der Waals surface area contributed by atoms with Crippen LogP contribution in [0, 0.1) is 11.3 Å². The molecule has 2 aromatic rings. The van der Waals surface area contributed by atoms with E-state index in [0.717, 1.165) is 0 Å². The Bertz CT molecular complexity index is 724. The van der Waals surface area contributed by atoms with E-state index in [1.54, 1.807) is 18.2 Å². The Kier molecular flexibility index (Phi) is 4.14. The summed E-state index contributed by atoms with van der Waals surface area (Å²) in [5, 5.41) is 21.3. The van der Waals surface area contributed by atoms with E-state index in [-0.39, 0.29) is 10.6 Å². The largest absolute Gasteiger partial charge is 0.478 e. The van der Waals surface area contributed by atoms with Crippen LogP contribution in [0.15, 0.2) is 36.4 Å². The fourth-order valence-corrected chi connectivity index (χ4v) is 2.04. The van der Waals surface area contributed by atoms with E-state index in [1.165, 1.54) is 18.2 Å². The molecule has 2 rings (SSSR count). The number of hydrogen-bond acceptors (Lipinski definition) is 3. The fourth-order valence-electron chi connectivity index (χ4n) is 1.58. The van der Waals surface area contributed by atoms with Crippen molar-refractivity contribution < 1.29 is 9.90 Å². The van der Waals surface area contributed by atoms with Gasteiger partial charge in [0.15, 0.2) is 0 Å². The molecule has 2 aromatic carbocycles. The van der Waals surface area contributed by atoms with Crippen LogP contribution in [0.3, 0.4) is 0 Å². The lowest BCUT2D eigenvalue weighted by Crippen LogP contribution is -1.98. The lowest BCUT2D eigenvalue weighted by molar-refractivity contribution is 0.0697. The molecule has 2 N–H and O–H groups in total. The van der Waals surface area contributed by atoms with Gasteiger partial charge in [-0.2, -0.15) is 5.26 Å². The molecule has 0 amide bonds. The number of rotatable bonds is 3. The molecule has 0 atom stereocenters. The molecule has 0 saturated heterocycles. The minimum Gasteiger partial charge on any atom is -0.478 e. The summed E-state index contributed by atoms with van der Waals surface area (Å²) in [7, 11) is 0. The quantitative estimate of drug-likeness (QED) is 0.886. The SMILES string of the molecule is N#Cc1ccc(Nc2ccc(C(=O)O)cc2Cl)c(Cl)c1. The number of aromatic carboxylic acids is 1. The molecule has 6 heteroatoms. The van der Waals surface area contributed by atoms with Crippen LogP contribution >= 0.6 is 23.2 Å². The monoisotopic (exact) mass is 306 g/mol. The molecular weight excluding hydrogens is 299 g/mol. The molecule has 0 bridgehead atoms. The van der Waals surface area contributed by atoms with Gasteiger partial charge in [-0.05, 0) is 36.4 Å². The van der Waals surface area contributed by atoms with Crippen LogP contribution in [-0.4, -0.2) is 11.1 Å². The number of nitrogens with one attached hydrogen (secondary N) is 1. The molecule has 100 valence electrons. The van der Waals surface area contributed by atoms with Crippen LogP contribution in [-0.2, 0) is 0 Å². The molecule has 0 heterocycles. The van der Waals surface area contributed by atoms with Crippen molar-refractivity contribution in [2.45, 2.75) is 0 Å². The van der Waals surface area contributed by atoms with Crippen molar-refractivity contribution in [1.29, 1.82) is 5.26 Å². The summed E-state index contributed by atoms with van der Waals surface area (Å²) in [5.74, 6) is -1.05. The van der Waals surface area contributed by atoms with Gasteiger partial charge in [0.2, 0.25) is 0 Å². The van der Waals surface area contributed by atoms with Crippen molar-refractivity contribution in [3.8, 4) is 6.07 Å². The normalized spacial score (nSPS) is 9.85. The van der Waals surface area contributed by atoms with Gasteiger partial charge in [0.1, 0.15) is 0 Å². The summed E-state index contributed by atoms with van der Waals surface area (Å²) in [4.78, 5) is 10.8. The van der Waals surface area contributed by atoms with E-state index in [2.05, 4.69) is 5.32 Å². The van der Waals surface area contributed by atoms with Crippen molar-refractivity contribution >= 4 is 40.5 Å². The van der Waals surface area contributed by atoms with E-state index in [4.69, 9.17) is 33.6 Å². The highest BCUT2D eigenvalue weighted by molar-refractivity contribution is 6.35. The van der Waals surface area contributed by atoms with Crippen molar-refractivity contribution in [3.05, 3.63) is 57.6 Å². The molecule has 0 saturated carbocycles. The number of anilines is 2. The van der Waals surface area contributed by atoms with Crippen LogP contribution in [0.2, 0.25) is 10.0 Å². The molecule has 0 unspecified atom stereocenters. The van der Waals surface area contributed by atoms with E-state index < -0.39 is 5.97 Å². The summed E-state index contributed by atoms with van der Waals surface area (Å²) in [5.41, 5.74) is 1.67. The van der Waals surface area contributed by atoms with Crippen LogP contribution in [0.1, 0.15) is 15.9 Å². The topological polar surface area (TPSA) is 73.1 Å². The van der Waals surface area contributed by atoms with Gasteiger partial charge in [0.25, 0.3) is 0 Å². The smallest absolute Gasteiger partial charge is 0.335 e. The first kappa shape index (κ1) is 14.2. The highest BCUT2D eigenvalue weighted by atomic mass is 35.5. The van der Waals surface area contributed by atoms with Crippen LogP contribution in [0.25, 0.3) is 0 Å². The van der Waals surface area contributed by atoms with Gasteiger partial charge >= 0.3 is 5.97 Å². The summed E-state index contributed by atoms with van der Waals surface area (Å²) in [6, 6.07) is 11.1. The first-order chi connectivity index (χ1) is 9.51. The van der Waals surface area contributed by atoms with Crippen LogP contribution < -0.4 is 5.32 Å². The number of carboxylic acid groups (broad SMARTS) is 1. The van der Waals surface area contributed by atoms with Gasteiger partial charge in [0, 0.05) is 0 Å². The summed E-state index contributed by atoms with van der Waals surface area (Å²) >= 11 is 12.1. The molecular formula is C14H8Cl2N2O2. The van der Waals surface area contributed by atoms with Crippen molar-refractivity contribution in [3.63, 3.8) is 0 Å². The number of benzene rings is 2. The number of hydrogen-bond donors (Lipinski definition) is 2. The van der Waals surface area contributed by atoms with Gasteiger partial charge in [0.05, 0.1) is 38.6 Å². The molecule has 0 fully saturated rings. The Morgan fingerprint density at radius 2 is 1.70 bits per heavy atom. The Balaban J connectivity index is 2.31. The maximum atomic E-state index is 10.8. The second kappa shape index (κ2) is 5.83. The van der Waals surface area contributed by atoms with Gasteiger partial charge in [-0.1, -0.05) is 23.2 Å². The van der Waals surface area contributed by atoms with Crippen molar-refractivity contribution in [2.75, 3.05) is 5.32 Å². The minimum atomic E-state index is -1.05. The fraction of sp³-hybridized carbons (Fsp3) is 0. The van der Waals surface area contributed by atoms with Crippen molar-refractivity contribution in [1.82, 2.24) is 0 Å². The maximum absolute atomic E-state index is 10.8. The summed E-state index contributed by atoms with van der Waals surface area (Å²) < 4.78 is 0.